The molecule has 0 aliphatic rings. The lowest BCUT2D eigenvalue weighted by Gasteiger charge is -1.99. The van der Waals surface area contributed by atoms with Crippen molar-refractivity contribution < 1.29 is 19.1 Å². The van der Waals surface area contributed by atoms with Crippen LogP contribution >= 0.6 is 18.2 Å². The minimum atomic E-state index is -4.01. The maximum Gasteiger partial charge on any atom is 0.383 e. The molecule has 1 amide bonds. The van der Waals surface area contributed by atoms with Crippen molar-refractivity contribution in [3.8, 4) is 0 Å². The Morgan fingerprint density at radius 1 is 1.60 bits per heavy atom. The molecule has 0 saturated heterocycles. The van der Waals surface area contributed by atoms with E-state index in [4.69, 9.17) is 15.5 Å². The van der Waals surface area contributed by atoms with Crippen LogP contribution in [0.4, 0.5) is 0 Å². The molecule has 0 heterocycles. The van der Waals surface area contributed by atoms with Gasteiger partial charge in [0, 0.05) is 12.2 Å². The second-order valence-corrected chi connectivity index (χ2v) is 5.39. The lowest BCUT2D eigenvalue weighted by atomic mass is 10.5. The van der Waals surface area contributed by atoms with Gasteiger partial charge in [0.2, 0.25) is 5.91 Å². The average Bonchev–Trinajstić information content (AvgIpc) is 1.59. The summed E-state index contributed by atoms with van der Waals surface area (Å²) >= 11 is 0.428. The van der Waals surface area contributed by atoms with E-state index in [1.165, 1.54) is 0 Å². The molecule has 0 aromatic heterocycles. The largest absolute Gasteiger partial charge is 0.383 e. The van der Waals surface area contributed by atoms with Crippen LogP contribution in [0.1, 0.15) is 6.42 Å². The van der Waals surface area contributed by atoms with Crippen LogP contribution < -0.4 is 5.73 Å². The van der Waals surface area contributed by atoms with Crippen molar-refractivity contribution >= 4 is 24.1 Å². The molecule has 0 saturated carbocycles. The predicted molar refractivity (Wildman–Crippen MR) is 38.3 cm³/mol. The van der Waals surface area contributed by atoms with Crippen LogP contribution in [0.15, 0.2) is 0 Å². The third-order valence-electron chi connectivity index (χ3n) is 0.608. The van der Waals surface area contributed by atoms with Crippen LogP contribution in [0.2, 0.25) is 0 Å². The molecular formula is C3H8NO4PS. The Balaban J connectivity index is 3.39. The molecule has 10 heavy (non-hydrogen) atoms. The van der Waals surface area contributed by atoms with Gasteiger partial charge in [-0.1, -0.05) is 0 Å². The lowest BCUT2D eigenvalue weighted by Crippen LogP contribution is -2.10. The topological polar surface area (TPSA) is 101 Å². The number of hydrogen-bond donors (Lipinski definition) is 3. The molecule has 0 fully saturated rings. The van der Waals surface area contributed by atoms with Gasteiger partial charge in [0.15, 0.2) is 0 Å². The van der Waals surface area contributed by atoms with Crippen LogP contribution in [0.3, 0.4) is 0 Å². The van der Waals surface area contributed by atoms with Crippen LogP contribution in [-0.4, -0.2) is 21.4 Å². The van der Waals surface area contributed by atoms with Gasteiger partial charge in [-0.15, -0.1) is 0 Å². The highest BCUT2D eigenvalue weighted by molar-refractivity contribution is 8.54. The molecule has 0 aliphatic carbocycles. The molecule has 0 rings (SSSR count). The van der Waals surface area contributed by atoms with Crippen molar-refractivity contribution in [1.29, 1.82) is 0 Å². The van der Waals surface area contributed by atoms with E-state index in [-0.39, 0.29) is 12.2 Å². The summed E-state index contributed by atoms with van der Waals surface area (Å²) in [5.74, 6) is -0.486. The third kappa shape index (κ3) is 7.97. The SMILES string of the molecule is NC(=O)CCSP(=O)(O)O. The van der Waals surface area contributed by atoms with Crippen molar-refractivity contribution in [2.45, 2.75) is 6.42 Å². The van der Waals surface area contributed by atoms with Gasteiger partial charge < -0.3 is 15.5 Å². The lowest BCUT2D eigenvalue weighted by molar-refractivity contribution is -0.117. The summed E-state index contributed by atoms with van der Waals surface area (Å²) in [7, 11) is 0. The molecule has 4 N–H and O–H groups in total. The molecule has 0 radical (unpaired) electrons. The average molecular weight is 185 g/mol. The normalized spacial score (nSPS) is 11.4. The Kier molecular flexibility index (Phi) is 3.96. The molecule has 0 bridgehead atoms. The van der Waals surface area contributed by atoms with E-state index in [1.807, 2.05) is 0 Å². The molecule has 60 valence electrons. The molecule has 7 heteroatoms. The summed E-state index contributed by atoms with van der Waals surface area (Å²) in [6.45, 7) is -4.01. The minimum Gasteiger partial charge on any atom is -0.370 e. The summed E-state index contributed by atoms with van der Waals surface area (Å²) in [5, 5.41) is 0. The van der Waals surface area contributed by atoms with Crippen LogP contribution in [0, 0.1) is 0 Å². The quantitative estimate of drug-likeness (QED) is 0.521. The monoisotopic (exact) mass is 185 g/mol. The first-order valence-electron chi connectivity index (χ1n) is 2.40. The fourth-order valence-corrected chi connectivity index (χ4v) is 1.78. The number of primary amides is 1. The van der Waals surface area contributed by atoms with Crippen molar-refractivity contribution in [2.24, 2.45) is 5.73 Å². The highest BCUT2D eigenvalue weighted by Gasteiger charge is 2.13. The fourth-order valence-electron chi connectivity index (χ4n) is 0.265. The summed E-state index contributed by atoms with van der Waals surface area (Å²) in [6.07, 6.45) is -0.00419. The predicted octanol–water partition coefficient (Wildman–Crippen LogP) is -0.312. The van der Waals surface area contributed by atoms with E-state index in [0.717, 1.165) is 0 Å². The Labute approximate surface area is 61.9 Å². The second kappa shape index (κ2) is 3.98. The summed E-state index contributed by atoms with van der Waals surface area (Å²) in [4.78, 5) is 26.5. The summed E-state index contributed by atoms with van der Waals surface area (Å²) in [6, 6.07) is 0. The summed E-state index contributed by atoms with van der Waals surface area (Å²) < 4.78 is 10.1. The number of carbonyl (C=O) groups is 1. The Bertz CT molecular complexity index is 166. The molecule has 0 atom stereocenters. The van der Waals surface area contributed by atoms with Gasteiger partial charge in [-0.3, -0.25) is 4.79 Å². The van der Waals surface area contributed by atoms with Gasteiger partial charge in [-0.2, -0.15) is 0 Å². The maximum absolute atomic E-state index is 10.1. The van der Waals surface area contributed by atoms with Crippen LogP contribution in [-0.2, 0) is 9.36 Å². The van der Waals surface area contributed by atoms with Crippen LogP contribution in [0.25, 0.3) is 0 Å². The minimum absolute atomic E-state index is 0.00419. The molecule has 0 aromatic carbocycles. The zero-order valence-electron chi connectivity index (χ0n) is 5.06. The molecule has 0 spiro atoms. The highest BCUT2D eigenvalue weighted by atomic mass is 32.7. The van der Waals surface area contributed by atoms with Crippen LogP contribution in [0.5, 0.6) is 0 Å². The Hall–Kier alpha value is -0.0300. The van der Waals surface area contributed by atoms with Gasteiger partial charge in [0.05, 0.1) is 0 Å². The molecule has 0 unspecified atom stereocenters. The molecular weight excluding hydrogens is 177 g/mol. The van der Waals surface area contributed by atoms with Crippen molar-refractivity contribution in [2.75, 3.05) is 5.75 Å². The third-order valence-corrected chi connectivity index (χ3v) is 2.89. The van der Waals surface area contributed by atoms with Gasteiger partial charge in [0.25, 0.3) is 0 Å². The Morgan fingerprint density at radius 3 is 2.40 bits per heavy atom. The van der Waals surface area contributed by atoms with Crippen molar-refractivity contribution in [3.05, 3.63) is 0 Å². The van der Waals surface area contributed by atoms with E-state index in [9.17, 15) is 9.36 Å². The first-order valence-corrected chi connectivity index (χ1v) is 5.60. The Morgan fingerprint density at radius 2 is 2.10 bits per heavy atom. The van der Waals surface area contributed by atoms with Gasteiger partial charge in [-0.25, -0.2) is 4.57 Å². The second-order valence-electron chi connectivity index (χ2n) is 1.54. The smallest absolute Gasteiger partial charge is 0.370 e. The van der Waals surface area contributed by atoms with E-state index in [1.54, 1.807) is 0 Å². The van der Waals surface area contributed by atoms with Gasteiger partial charge in [-0.05, 0) is 11.4 Å². The number of amides is 1. The fraction of sp³-hybridized carbons (Fsp3) is 0.667. The first kappa shape index (κ1) is 9.97. The standard InChI is InChI=1S/C3H8NO4PS/c4-3(5)1-2-10-9(6,7)8/h1-2H2,(H2,4,5)(H2,6,7,8). The van der Waals surface area contributed by atoms with Gasteiger partial charge >= 0.3 is 6.80 Å². The van der Waals surface area contributed by atoms with Crippen molar-refractivity contribution in [1.82, 2.24) is 0 Å². The molecule has 0 aromatic rings. The maximum atomic E-state index is 10.1. The molecule has 5 nitrogen and oxygen atoms in total. The van der Waals surface area contributed by atoms with E-state index in [2.05, 4.69) is 0 Å². The van der Waals surface area contributed by atoms with E-state index in [0.29, 0.717) is 11.4 Å². The zero-order chi connectivity index (χ0) is 8.20. The zero-order valence-corrected chi connectivity index (χ0v) is 6.77. The van der Waals surface area contributed by atoms with Gasteiger partial charge in [0.1, 0.15) is 0 Å². The van der Waals surface area contributed by atoms with Crippen molar-refractivity contribution in [3.63, 3.8) is 0 Å². The highest BCUT2D eigenvalue weighted by Crippen LogP contribution is 2.50. The number of hydrogen-bond acceptors (Lipinski definition) is 3. The first-order chi connectivity index (χ1) is 4.42. The molecule has 0 aliphatic heterocycles. The number of rotatable bonds is 4. The number of carbonyl (C=O) groups excluding carboxylic acids is 1. The summed E-state index contributed by atoms with van der Waals surface area (Å²) in [5.41, 5.74) is 4.72. The van der Waals surface area contributed by atoms with E-state index < -0.39 is 12.7 Å². The number of nitrogens with two attached hydrogens (primary N) is 1. The van der Waals surface area contributed by atoms with E-state index >= 15 is 0 Å².